The first-order valence-electron chi connectivity index (χ1n) is 5.54. The van der Waals surface area contributed by atoms with Crippen LogP contribution in [0.1, 0.15) is 50.2 Å². The Balaban J connectivity index is 2.39. The summed E-state index contributed by atoms with van der Waals surface area (Å²) in [6.07, 6.45) is 2.12. The Labute approximate surface area is 109 Å². The molecule has 2 N–H and O–H groups in total. The first-order valence-corrected chi connectivity index (χ1v) is 6.62. The van der Waals surface area contributed by atoms with Crippen molar-refractivity contribution in [3.8, 4) is 0 Å². The molecule has 0 spiro atoms. The van der Waals surface area contributed by atoms with Gasteiger partial charge in [-0.15, -0.1) is 0 Å². The smallest absolute Gasteiger partial charge is 0.159 e. The first-order chi connectivity index (χ1) is 7.59. The summed E-state index contributed by atoms with van der Waals surface area (Å²) in [7, 11) is 0. The van der Waals surface area contributed by atoms with Gasteiger partial charge in [0.2, 0.25) is 0 Å². The summed E-state index contributed by atoms with van der Waals surface area (Å²) in [6, 6.07) is 0. The van der Waals surface area contributed by atoms with E-state index in [0.717, 1.165) is 34.5 Å². The van der Waals surface area contributed by atoms with Crippen molar-refractivity contribution in [2.75, 3.05) is 12.3 Å². The number of hydrogen-bond acceptors (Lipinski definition) is 4. The van der Waals surface area contributed by atoms with Crippen LogP contribution in [0.4, 0.5) is 5.82 Å². The summed E-state index contributed by atoms with van der Waals surface area (Å²) in [5.74, 6) is 1.68. The van der Waals surface area contributed by atoms with Crippen LogP contribution in [0.2, 0.25) is 0 Å². The summed E-state index contributed by atoms with van der Waals surface area (Å²) >= 11 is 2.21. The number of anilines is 1. The van der Waals surface area contributed by atoms with Gasteiger partial charge in [-0.3, -0.25) is 0 Å². The van der Waals surface area contributed by atoms with Crippen molar-refractivity contribution in [1.29, 1.82) is 0 Å². The lowest BCUT2D eigenvalue weighted by atomic mass is 10.1. The molecule has 1 aliphatic heterocycles. The van der Waals surface area contributed by atoms with E-state index in [1.165, 1.54) is 0 Å². The number of nitrogens with two attached hydrogens (primary N) is 1. The number of halogens is 1. The van der Waals surface area contributed by atoms with Crippen LogP contribution < -0.4 is 5.73 Å². The molecule has 0 radical (unpaired) electrons. The van der Waals surface area contributed by atoms with Gasteiger partial charge in [0.05, 0.1) is 9.26 Å². The lowest BCUT2D eigenvalue weighted by Crippen LogP contribution is -2.11. The molecule has 16 heavy (non-hydrogen) atoms. The van der Waals surface area contributed by atoms with Crippen LogP contribution in [0, 0.1) is 3.57 Å². The topological polar surface area (TPSA) is 61.0 Å². The molecule has 1 saturated heterocycles. The van der Waals surface area contributed by atoms with Gasteiger partial charge in [-0.05, 0) is 41.4 Å². The molecule has 0 aliphatic carbocycles. The molecule has 0 saturated carbocycles. The highest BCUT2D eigenvalue weighted by molar-refractivity contribution is 14.1. The maximum absolute atomic E-state index is 5.91. The van der Waals surface area contributed by atoms with E-state index < -0.39 is 0 Å². The van der Waals surface area contributed by atoms with Crippen LogP contribution in [-0.4, -0.2) is 16.6 Å². The Morgan fingerprint density at radius 1 is 1.44 bits per heavy atom. The highest BCUT2D eigenvalue weighted by atomic mass is 127. The number of hydrogen-bond donors (Lipinski definition) is 1. The summed E-state index contributed by atoms with van der Waals surface area (Å²) in [6.45, 7) is 5.03. The molecule has 0 aromatic carbocycles. The minimum atomic E-state index is 0.0387. The van der Waals surface area contributed by atoms with Crippen molar-refractivity contribution >= 4 is 28.4 Å². The van der Waals surface area contributed by atoms with Crippen LogP contribution in [-0.2, 0) is 4.74 Å². The lowest BCUT2D eigenvalue weighted by Gasteiger charge is -2.14. The van der Waals surface area contributed by atoms with Crippen molar-refractivity contribution < 1.29 is 4.74 Å². The molecule has 5 heteroatoms. The van der Waals surface area contributed by atoms with Crippen molar-refractivity contribution in [3.63, 3.8) is 0 Å². The van der Waals surface area contributed by atoms with Gasteiger partial charge in [0.15, 0.2) is 5.82 Å². The number of aromatic nitrogens is 2. The second-order valence-electron chi connectivity index (χ2n) is 4.32. The Bertz CT molecular complexity index is 389. The van der Waals surface area contributed by atoms with Crippen LogP contribution in [0.15, 0.2) is 0 Å². The van der Waals surface area contributed by atoms with Gasteiger partial charge in [-0.2, -0.15) is 0 Å². The van der Waals surface area contributed by atoms with Gasteiger partial charge in [0, 0.05) is 6.61 Å². The molecular weight excluding hydrogens is 317 g/mol. The molecule has 1 atom stereocenters. The monoisotopic (exact) mass is 333 g/mol. The number of nitrogens with zero attached hydrogens (tertiary/aromatic N) is 2. The average Bonchev–Trinajstić information content (AvgIpc) is 2.74. The summed E-state index contributed by atoms with van der Waals surface area (Å²) in [5.41, 5.74) is 6.94. The van der Waals surface area contributed by atoms with Crippen LogP contribution in [0.5, 0.6) is 0 Å². The minimum Gasteiger partial charge on any atom is -0.383 e. The zero-order valence-corrected chi connectivity index (χ0v) is 11.7. The zero-order valence-electron chi connectivity index (χ0n) is 9.53. The molecule has 4 nitrogen and oxygen atoms in total. The summed E-state index contributed by atoms with van der Waals surface area (Å²) in [4.78, 5) is 8.92. The van der Waals surface area contributed by atoms with Crippen molar-refractivity contribution in [1.82, 2.24) is 9.97 Å². The van der Waals surface area contributed by atoms with Crippen LogP contribution >= 0.6 is 22.6 Å². The molecule has 1 unspecified atom stereocenters. The van der Waals surface area contributed by atoms with Gasteiger partial charge in [0.1, 0.15) is 11.9 Å². The minimum absolute atomic E-state index is 0.0387. The molecule has 1 aromatic heterocycles. The molecule has 1 aliphatic rings. The van der Waals surface area contributed by atoms with E-state index in [9.17, 15) is 0 Å². The third kappa shape index (κ3) is 2.29. The van der Waals surface area contributed by atoms with E-state index in [1.807, 2.05) is 0 Å². The highest BCUT2D eigenvalue weighted by Crippen LogP contribution is 2.30. The third-order valence-electron chi connectivity index (χ3n) is 2.68. The van der Waals surface area contributed by atoms with E-state index in [4.69, 9.17) is 10.5 Å². The Hall–Kier alpha value is -0.430. The number of ether oxygens (including phenoxy) is 1. The predicted octanol–water partition coefficient (Wildman–Crippen LogP) is 2.64. The van der Waals surface area contributed by atoms with Crippen molar-refractivity contribution in [2.24, 2.45) is 0 Å². The lowest BCUT2D eigenvalue weighted by molar-refractivity contribution is 0.105. The third-order valence-corrected chi connectivity index (χ3v) is 3.79. The van der Waals surface area contributed by atoms with Gasteiger partial charge >= 0.3 is 0 Å². The van der Waals surface area contributed by atoms with Crippen molar-refractivity contribution in [3.05, 3.63) is 15.1 Å². The predicted molar refractivity (Wildman–Crippen MR) is 71.2 cm³/mol. The second-order valence-corrected chi connectivity index (χ2v) is 5.40. The van der Waals surface area contributed by atoms with Gasteiger partial charge in [0.25, 0.3) is 0 Å². The normalized spacial score (nSPS) is 20.6. The SMILES string of the molecule is CC(C)c1nc(C2CCCO2)nc(N)c1I. The standard InChI is InChI=1S/C11H16IN3O/c1-6(2)9-8(12)10(13)15-11(14-9)7-4-3-5-16-7/h6-7H,3-5H2,1-2H3,(H2,13,14,15). The number of nitrogen functional groups attached to an aromatic ring is 1. The fourth-order valence-corrected chi connectivity index (χ4v) is 2.67. The fraction of sp³-hybridized carbons (Fsp3) is 0.636. The first kappa shape index (κ1) is 12.0. The van der Waals surface area contributed by atoms with E-state index in [1.54, 1.807) is 0 Å². The second kappa shape index (κ2) is 4.83. The summed E-state index contributed by atoms with van der Waals surface area (Å²) in [5, 5.41) is 0. The van der Waals surface area contributed by atoms with E-state index in [2.05, 4.69) is 46.4 Å². The maximum atomic E-state index is 5.91. The van der Waals surface area contributed by atoms with Crippen molar-refractivity contribution in [2.45, 2.75) is 38.7 Å². The summed E-state index contributed by atoms with van der Waals surface area (Å²) < 4.78 is 6.55. The largest absolute Gasteiger partial charge is 0.383 e. The van der Waals surface area contributed by atoms with Gasteiger partial charge in [-0.1, -0.05) is 13.8 Å². The van der Waals surface area contributed by atoms with Crippen LogP contribution in [0.25, 0.3) is 0 Å². The van der Waals surface area contributed by atoms with E-state index in [0.29, 0.717) is 11.7 Å². The molecule has 2 heterocycles. The van der Waals surface area contributed by atoms with E-state index >= 15 is 0 Å². The molecular formula is C11H16IN3O. The molecule has 0 amide bonds. The number of rotatable bonds is 2. The Morgan fingerprint density at radius 2 is 2.19 bits per heavy atom. The highest BCUT2D eigenvalue weighted by Gasteiger charge is 2.23. The molecule has 2 rings (SSSR count). The zero-order chi connectivity index (χ0) is 11.7. The van der Waals surface area contributed by atoms with Gasteiger partial charge < -0.3 is 10.5 Å². The Morgan fingerprint density at radius 3 is 2.75 bits per heavy atom. The maximum Gasteiger partial charge on any atom is 0.159 e. The quantitative estimate of drug-likeness (QED) is 0.846. The van der Waals surface area contributed by atoms with Crippen LogP contribution in [0.3, 0.4) is 0 Å². The van der Waals surface area contributed by atoms with E-state index in [-0.39, 0.29) is 6.10 Å². The molecule has 0 bridgehead atoms. The Kier molecular flexibility index (Phi) is 3.63. The average molecular weight is 333 g/mol. The molecule has 1 aromatic rings. The molecule has 1 fully saturated rings. The molecule has 88 valence electrons. The van der Waals surface area contributed by atoms with Gasteiger partial charge in [-0.25, -0.2) is 9.97 Å². The fourth-order valence-electron chi connectivity index (χ4n) is 1.81.